The number of aryl methyl sites for hydroxylation is 2. The van der Waals surface area contributed by atoms with Crippen molar-refractivity contribution >= 4 is 22.6 Å². The van der Waals surface area contributed by atoms with E-state index in [9.17, 15) is 9.59 Å². The molecule has 1 aromatic heterocycles. The molecule has 34 heavy (non-hydrogen) atoms. The van der Waals surface area contributed by atoms with E-state index in [0.29, 0.717) is 49.4 Å². The van der Waals surface area contributed by atoms with Gasteiger partial charge in [0.25, 0.3) is 0 Å². The van der Waals surface area contributed by atoms with E-state index in [2.05, 4.69) is 23.6 Å². The van der Waals surface area contributed by atoms with Crippen LogP contribution in [0.2, 0.25) is 0 Å². The van der Waals surface area contributed by atoms with Gasteiger partial charge in [-0.15, -0.1) is 0 Å². The van der Waals surface area contributed by atoms with Crippen molar-refractivity contribution in [1.29, 1.82) is 0 Å². The third-order valence-electron chi connectivity index (χ3n) is 6.47. The monoisotopic (exact) mass is 460 g/mol. The fourth-order valence-corrected chi connectivity index (χ4v) is 4.46. The minimum Gasteiger partial charge on any atom is -0.489 e. The predicted molar refractivity (Wildman–Crippen MR) is 136 cm³/mol. The SMILES string of the molecule is C=C(C)COc1ccc2c(C)c(CCC(=O)N3CCN(c4ccccc4)CC3)c(=O)oc2c1C. The number of anilines is 1. The number of carbonyl (C=O) groups is 1. The zero-order valence-electron chi connectivity index (χ0n) is 20.2. The molecular formula is C28H32N2O4. The average Bonchev–Trinajstić information content (AvgIpc) is 2.84. The fraction of sp³-hybridized carbons (Fsp3) is 0.357. The normalized spacial score (nSPS) is 13.9. The molecule has 2 aromatic carbocycles. The number of benzene rings is 2. The van der Waals surface area contributed by atoms with Crippen molar-refractivity contribution in [3.05, 3.63) is 81.7 Å². The first kappa shape index (κ1) is 23.6. The Balaban J connectivity index is 1.43. The first-order chi connectivity index (χ1) is 16.3. The number of hydrogen-bond donors (Lipinski definition) is 0. The summed E-state index contributed by atoms with van der Waals surface area (Å²) in [5.74, 6) is 0.752. The first-order valence-corrected chi connectivity index (χ1v) is 11.8. The molecule has 0 atom stereocenters. The molecule has 0 spiro atoms. The van der Waals surface area contributed by atoms with E-state index in [1.165, 1.54) is 5.69 Å². The van der Waals surface area contributed by atoms with Crippen LogP contribution in [0.15, 0.2) is 63.8 Å². The van der Waals surface area contributed by atoms with E-state index in [0.717, 1.165) is 35.2 Å². The van der Waals surface area contributed by atoms with Crippen LogP contribution in [0.4, 0.5) is 5.69 Å². The molecule has 0 aliphatic carbocycles. The summed E-state index contributed by atoms with van der Waals surface area (Å²) in [7, 11) is 0. The standard InChI is InChI=1S/C28H32N2O4/c1-19(2)18-33-25-12-10-23-20(3)24(28(32)34-27(23)21(25)4)11-13-26(31)30-16-14-29(15-17-30)22-8-6-5-7-9-22/h5-10,12H,1,11,13-18H2,2-4H3. The minimum atomic E-state index is -0.383. The molecule has 0 radical (unpaired) electrons. The Kier molecular flexibility index (Phi) is 7.06. The molecule has 6 nitrogen and oxygen atoms in total. The molecule has 3 aromatic rings. The molecule has 0 unspecified atom stereocenters. The van der Waals surface area contributed by atoms with Gasteiger partial charge in [-0.2, -0.15) is 0 Å². The van der Waals surface area contributed by atoms with Crippen molar-refractivity contribution in [2.24, 2.45) is 0 Å². The molecule has 0 bridgehead atoms. The number of piperazine rings is 1. The van der Waals surface area contributed by atoms with Crippen molar-refractivity contribution < 1.29 is 13.9 Å². The summed E-state index contributed by atoms with van der Waals surface area (Å²) in [6.07, 6.45) is 0.663. The second kappa shape index (κ2) is 10.2. The maximum absolute atomic E-state index is 12.9. The largest absolute Gasteiger partial charge is 0.489 e. The van der Waals surface area contributed by atoms with Crippen molar-refractivity contribution in [2.45, 2.75) is 33.6 Å². The summed E-state index contributed by atoms with van der Waals surface area (Å²) in [4.78, 5) is 29.9. The van der Waals surface area contributed by atoms with Gasteiger partial charge >= 0.3 is 5.63 Å². The maximum Gasteiger partial charge on any atom is 0.339 e. The Bertz CT molecular complexity index is 1250. The summed E-state index contributed by atoms with van der Waals surface area (Å²) >= 11 is 0. The van der Waals surface area contributed by atoms with E-state index < -0.39 is 0 Å². The molecule has 2 heterocycles. The summed E-state index contributed by atoms with van der Waals surface area (Å²) < 4.78 is 11.5. The fourth-order valence-electron chi connectivity index (χ4n) is 4.46. The highest BCUT2D eigenvalue weighted by Crippen LogP contribution is 2.30. The minimum absolute atomic E-state index is 0.0753. The van der Waals surface area contributed by atoms with Crippen LogP contribution in [0, 0.1) is 13.8 Å². The summed E-state index contributed by atoms with van der Waals surface area (Å²) in [5.41, 5.74) is 4.47. The molecular weight excluding hydrogens is 428 g/mol. The number of carbonyl (C=O) groups excluding carboxylic acids is 1. The molecule has 178 valence electrons. The van der Waals surface area contributed by atoms with Crippen LogP contribution in [0.3, 0.4) is 0 Å². The lowest BCUT2D eigenvalue weighted by Gasteiger charge is -2.36. The first-order valence-electron chi connectivity index (χ1n) is 11.8. The zero-order chi connectivity index (χ0) is 24.2. The third kappa shape index (κ3) is 5.01. The second-order valence-corrected chi connectivity index (χ2v) is 9.01. The number of hydrogen-bond acceptors (Lipinski definition) is 5. The Labute approximate surface area is 200 Å². The Hall–Kier alpha value is -3.54. The van der Waals surface area contributed by atoms with Gasteiger partial charge in [0.1, 0.15) is 17.9 Å². The van der Waals surface area contributed by atoms with Crippen molar-refractivity contribution in [3.63, 3.8) is 0 Å². The molecule has 4 rings (SSSR count). The number of ether oxygens (including phenoxy) is 1. The van der Waals surface area contributed by atoms with Gasteiger partial charge < -0.3 is 19.0 Å². The number of rotatable bonds is 7. The highest BCUT2D eigenvalue weighted by molar-refractivity contribution is 5.86. The van der Waals surface area contributed by atoms with Crippen molar-refractivity contribution in [3.8, 4) is 5.75 Å². The molecule has 6 heteroatoms. The Morgan fingerprint density at radius 2 is 1.74 bits per heavy atom. The van der Waals surface area contributed by atoms with E-state index in [4.69, 9.17) is 9.15 Å². The van der Waals surface area contributed by atoms with Gasteiger partial charge in [-0.05, 0) is 62.6 Å². The quantitative estimate of drug-likeness (QED) is 0.380. The number of nitrogens with zero attached hydrogens (tertiary/aromatic N) is 2. The van der Waals surface area contributed by atoms with Crippen LogP contribution in [-0.2, 0) is 11.2 Å². The summed E-state index contributed by atoms with van der Waals surface area (Å²) in [6.45, 7) is 13.0. The number of fused-ring (bicyclic) bond motifs is 1. The highest BCUT2D eigenvalue weighted by atomic mass is 16.5. The maximum atomic E-state index is 12.9. The third-order valence-corrected chi connectivity index (χ3v) is 6.47. The van der Waals surface area contributed by atoms with Crippen LogP contribution in [0.5, 0.6) is 5.75 Å². The van der Waals surface area contributed by atoms with Crippen LogP contribution in [-0.4, -0.2) is 43.6 Å². The Morgan fingerprint density at radius 1 is 1.03 bits per heavy atom. The lowest BCUT2D eigenvalue weighted by atomic mass is 10.00. The van der Waals surface area contributed by atoms with Crippen molar-refractivity contribution in [1.82, 2.24) is 4.90 Å². The van der Waals surface area contributed by atoms with E-state index >= 15 is 0 Å². The lowest BCUT2D eigenvalue weighted by Crippen LogP contribution is -2.48. The van der Waals surface area contributed by atoms with E-state index in [-0.39, 0.29) is 11.5 Å². The second-order valence-electron chi connectivity index (χ2n) is 9.01. The molecule has 1 amide bonds. The van der Waals surface area contributed by atoms with E-state index in [1.54, 1.807) is 0 Å². The topological polar surface area (TPSA) is 63.0 Å². The number of para-hydroxylation sites is 1. The summed E-state index contributed by atoms with van der Waals surface area (Å²) in [6, 6.07) is 14.1. The molecule has 0 saturated carbocycles. The molecule has 1 aliphatic heterocycles. The van der Waals surface area contributed by atoms with Gasteiger partial charge in [-0.3, -0.25) is 4.79 Å². The van der Waals surface area contributed by atoms with Gasteiger partial charge in [-0.1, -0.05) is 24.8 Å². The van der Waals surface area contributed by atoms with Crippen LogP contribution < -0.4 is 15.3 Å². The summed E-state index contributed by atoms with van der Waals surface area (Å²) in [5, 5.41) is 0.874. The van der Waals surface area contributed by atoms with Gasteiger partial charge in [0, 0.05) is 54.8 Å². The molecule has 1 fully saturated rings. The smallest absolute Gasteiger partial charge is 0.339 e. The zero-order valence-corrected chi connectivity index (χ0v) is 20.2. The lowest BCUT2D eigenvalue weighted by molar-refractivity contribution is -0.131. The molecule has 1 aliphatic rings. The van der Waals surface area contributed by atoms with Gasteiger partial charge in [-0.25, -0.2) is 4.79 Å². The molecule has 1 saturated heterocycles. The van der Waals surface area contributed by atoms with Crippen molar-refractivity contribution in [2.75, 3.05) is 37.7 Å². The number of amides is 1. The van der Waals surface area contributed by atoms with E-state index in [1.807, 2.05) is 56.0 Å². The average molecular weight is 461 g/mol. The van der Waals surface area contributed by atoms with Gasteiger partial charge in [0.05, 0.1) is 0 Å². The van der Waals surface area contributed by atoms with Crippen LogP contribution in [0.25, 0.3) is 11.0 Å². The van der Waals surface area contributed by atoms with Gasteiger partial charge in [0.2, 0.25) is 5.91 Å². The van der Waals surface area contributed by atoms with Crippen LogP contribution >= 0.6 is 0 Å². The van der Waals surface area contributed by atoms with Crippen LogP contribution in [0.1, 0.15) is 30.0 Å². The predicted octanol–water partition coefficient (Wildman–Crippen LogP) is 4.65. The van der Waals surface area contributed by atoms with Gasteiger partial charge in [0.15, 0.2) is 0 Å². The molecule has 0 N–H and O–H groups in total. The highest BCUT2D eigenvalue weighted by Gasteiger charge is 2.22. The Morgan fingerprint density at radius 3 is 2.41 bits per heavy atom.